The van der Waals surface area contributed by atoms with Crippen molar-refractivity contribution < 1.29 is 19.5 Å². The van der Waals surface area contributed by atoms with E-state index in [9.17, 15) is 19.5 Å². The van der Waals surface area contributed by atoms with Crippen LogP contribution >= 0.6 is 11.6 Å². The molecular formula is C23H32ClN3O4. The van der Waals surface area contributed by atoms with Crippen LogP contribution in [0.2, 0.25) is 5.02 Å². The first-order chi connectivity index (χ1) is 14.3. The van der Waals surface area contributed by atoms with Gasteiger partial charge in [-0.05, 0) is 42.9 Å². The highest BCUT2D eigenvalue weighted by Crippen LogP contribution is 2.47. The second kappa shape index (κ2) is 8.10. The Kier molecular flexibility index (Phi) is 6.15. The molecule has 1 aromatic carbocycles. The van der Waals surface area contributed by atoms with E-state index >= 15 is 0 Å². The fraction of sp³-hybridized carbons (Fsp3) is 0.609. The molecule has 3 amide bonds. The van der Waals surface area contributed by atoms with Crippen LogP contribution in [0.4, 0.5) is 0 Å². The average molecular weight is 450 g/mol. The molecule has 31 heavy (non-hydrogen) atoms. The minimum Gasteiger partial charge on any atom is -0.384 e. The molecule has 170 valence electrons. The summed E-state index contributed by atoms with van der Waals surface area (Å²) in [5.74, 6) is -1.50. The lowest BCUT2D eigenvalue weighted by Gasteiger charge is -2.51. The van der Waals surface area contributed by atoms with Gasteiger partial charge >= 0.3 is 0 Å². The van der Waals surface area contributed by atoms with Crippen LogP contribution < -0.4 is 11.1 Å². The van der Waals surface area contributed by atoms with Gasteiger partial charge in [0.1, 0.15) is 11.5 Å². The number of likely N-dealkylation sites (tertiary alicyclic amines) is 1. The average Bonchev–Trinajstić information content (AvgIpc) is 3.50. The number of benzene rings is 1. The van der Waals surface area contributed by atoms with Gasteiger partial charge < -0.3 is 21.1 Å². The number of carbonyl (C=O) groups is 3. The zero-order valence-electron chi connectivity index (χ0n) is 18.6. The highest BCUT2D eigenvalue weighted by molar-refractivity contribution is 6.30. The minimum absolute atomic E-state index is 0.166. The van der Waals surface area contributed by atoms with E-state index in [4.69, 9.17) is 17.3 Å². The van der Waals surface area contributed by atoms with Crippen molar-refractivity contribution in [2.75, 3.05) is 13.1 Å². The molecule has 0 unspecified atom stereocenters. The monoisotopic (exact) mass is 449 g/mol. The van der Waals surface area contributed by atoms with Crippen LogP contribution in [-0.4, -0.2) is 46.9 Å². The van der Waals surface area contributed by atoms with Gasteiger partial charge in [-0.2, -0.15) is 0 Å². The summed E-state index contributed by atoms with van der Waals surface area (Å²) in [5, 5.41) is 14.9. The largest absolute Gasteiger partial charge is 0.384 e. The molecule has 4 N–H and O–H groups in total. The molecule has 0 aromatic heterocycles. The number of carbonyl (C=O) groups excluding carboxylic acids is 3. The Morgan fingerprint density at radius 1 is 1.13 bits per heavy atom. The zero-order valence-corrected chi connectivity index (χ0v) is 19.3. The summed E-state index contributed by atoms with van der Waals surface area (Å²) in [6.45, 7) is 8.23. The van der Waals surface area contributed by atoms with Crippen molar-refractivity contribution in [1.82, 2.24) is 10.2 Å². The van der Waals surface area contributed by atoms with Crippen molar-refractivity contribution in [3.05, 3.63) is 34.9 Å². The van der Waals surface area contributed by atoms with Gasteiger partial charge in [0.2, 0.25) is 17.7 Å². The first-order valence-corrected chi connectivity index (χ1v) is 11.1. The van der Waals surface area contributed by atoms with Crippen molar-refractivity contribution in [2.24, 2.45) is 22.5 Å². The third-order valence-corrected chi connectivity index (χ3v) is 7.21. The lowest BCUT2D eigenvalue weighted by molar-refractivity contribution is -0.157. The number of piperidine rings is 1. The molecule has 0 radical (unpaired) electrons. The van der Waals surface area contributed by atoms with E-state index in [1.165, 1.54) is 0 Å². The quantitative estimate of drug-likeness (QED) is 0.577. The van der Waals surface area contributed by atoms with Crippen LogP contribution in [0.3, 0.4) is 0 Å². The summed E-state index contributed by atoms with van der Waals surface area (Å²) in [5.41, 5.74) is 3.24. The normalized spacial score (nSPS) is 25.1. The van der Waals surface area contributed by atoms with E-state index in [0.29, 0.717) is 37.4 Å². The molecular weight excluding hydrogens is 418 g/mol. The van der Waals surface area contributed by atoms with Crippen LogP contribution in [0, 0.1) is 16.7 Å². The molecule has 3 rings (SSSR count). The maximum absolute atomic E-state index is 13.4. The first-order valence-electron chi connectivity index (χ1n) is 10.7. The van der Waals surface area contributed by atoms with Gasteiger partial charge in [0.25, 0.3) is 0 Å². The van der Waals surface area contributed by atoms with Gasteiger partial charge in [0, 0.05) is 23.5 Å². The fourth-order valence-electron chi connectivity index (χ4n) is 4.47. The summed E-state index contributed by atoms with van der Waals surface area (Å²) < 4.78 is 0. The Morgan fingerprint density at radius 2 is 1.71 bits per heavy atom. The zero-order chi connectivity index (χ0) is 23.2. The van der Waals surface area contributed by atoms with Crippen LogP contribution in [0.25, 0.3) is 0 Å². The number of nitrogens with one attached hydrogen (secondary N) is 1. The van der Waals surface area contributed by atoms with E-state index in [1.807, 2.05) is 39.8 Å². The Hall–Kier alpha value is -2.12. The Labute approximate surface area is 188 Å². The summed E-state index contributed by atoms with van der Waals surface area (Å²) in [7, 11) is 0. The van der Waals surface area contributed by atoms with Crippen molar-refractivity contribution in [3.63, 3.8) is 0 Å². The Morgan fingerprint density at radius 3 is 2.16 bits per heavy atom. The molecule has 0 bridgehead atoms. The number of nitrogens with zero attached hydrogens (tertiary/aromatic N) is 1. The summed E-state index contributed by atoms with van der Waals surface area (Å²) in [6, 6.07) is 6.37. The molecule has 2 aliphatic rings. The van der Waals surface area contributed by atoms with Crippen LogP contribution in [0.5, 0.6) is 0 Å². The van der Waals surface area contributed by atoms with Crippen LogP contribution in [0.15, 0.2) is 24.3 Å². The number of hydrogen-bond donors (Lipinski definition) is 3. The summed E-state index contributed by atoms with van der Waals surface area (Å²) >= 11 is 6.00. The number of hydrogen-bond acceptors (Lipinski definition) is 4. The number of rotatable bonds is 6. The van der Waals surface area contributed by atoms with E-state index in [1.54, 1.807) is 17.0 Å². The number of primary amides is 1. The second-order valence-electron chi connectivity index (χ2n) is 9.90. The van der Waals surface area contributed by atoms with Crippen LogP contribution in [0.1, 0.15) is 52.5 Å². The molecule has 8 heteroatoms. The molecule has 1 aromatic rings. The second-order valence-corrected chi connectivity index (χ2v) is 10.3. The predicted octanol–water partition coefficient (Wildman–Crippen LogP) is 2.19. The van der Waals surface area contributed by atoms with Crippen LogP contribution in [-0.2, 0) is 20.0 Å². The molecule has 1 heterocycles. The smallest absolute Gasteiger partial charge is 0.245 e. The molecule has 1 aliphatic heterocycles. The highest BCUT2D eigenvalue weighted by Gasteiger charge is 2.56. The number of halogens is 1. The lowest BCUT2D eigenvalue weighted by atomic mass is 9.66. The maximum Gasteiger partial charge on any atom is 0.245 e. The Bertz CT molecular complexity index is 879. The number of nitrogens with two attached hydrogens (primary N) is 1. The van der Waals surface area contributed by atoms with E-state index in [0.717, 1.165) is 5.56 Å². The van der Waals surface area contributed by atoms with Gasteiger partial charge in [0.05, 0.1) is 5.60 Å². The van der Waals surface area contributed by atoms with Gasteiger partial charge in [-0.25, -0.2) is 0 Å². The van der Waals surface area contributed by atoms with E-state index in [-0.39, 0.29) is 11.8 Å². The molecule has 2 fully saturated rings. The van der Waals surface area contributed by atoms with Gasteiger partial charge in [0.15, 0.2) is 0 Å². The SMILES string of the molecule is CC(C)[C@@H](NC(=O)C1(C(N)=O)CC1)C(=O)N1CC[C@](O)(c2ccc(Cl)cc2)C(C)(C)C1. The van der Waals surface area contributed by atoms with Gasteiger partial charge in [-0.1, -0.05) is 51.4 Å². The highest BCUT2D eigenvalue weighted by atomic mass is 35.5. The number of amides is 3. The topological polar surface area (TPSA) is 113 Å². The molecule has 2 atom stereocenters. The van der Waals surface area contributed by atoms with E-state index in [2.05, 4.69) is 5.32 Å². The molecule has 0 spiro atoms. The number of aliphatic hydroxyl groups is 1. The van der Waals surface area contributed by atoms with Crippen molar-refractivity contribution in [2.45, 2.75) is 58.6 Å². The minimum atomic E-state index is -1.18. The van der Waals surface area contributed by atoms with Gasteiger partial charge in [-0.3, -0.25) is 14.4 Å². The third-order valence-electron chi connectivity index (χ3n) is 6.96. The standard InChI is InChI=1S/C23H32ClN3O4/c1-14(2)17(26-20(30)22(9-10-22)19(25)29)18(28)27-12-11-23(31,21(3,4)13-27)15-5-7-16(24)8-6-15/h5-8,14,17,31H,9-13H2,1-4H3,(H2,25,29)(H,26,30)/t17-,23+/m1/s1. The van der Waals surface area contributed by atoms with Gasteiger partial charge in [-0.15, -0.1) is 0 Å². The predicted molar refractivity (Wildman–Crippen MR) is 118 cm³/mol. The van der Waals surface area contributed by atoms with Crippen molar-refractivity contribution in [3.8, 4) is 0 Å². The molecule has 1 aliphatic carbocycles. The van der Waals surface area contributed by atoms with E-state index < -0.39 is 34.3 Å². The Balaban J connectivity index is 1.76. The maximum atomic E-state index is 13.4. The lowest BCUT2D eigenvalue weighted by Crippen LogP contribution is -2.61. The third kappa shape index (κ3) is 4.17. The van der Waals surface area contributed by atoms with Crippen molar-refractivity contribution in [1.29, 1.82) is 0 Å². The molecule has 7 nitrogen and oxygen atoms in total. The fourth-order valence-corrected chi connectivity index (χ4v) is 4.60. The first kappa shape index (κ1) is 23.5. The molecule has 1 saturated heterocycles. The van der Waals surface area contributed by atoms with Crippen molar-refractivity contribution >= 4 is 29.3 Å². The summed E-state index contributed by atoms with van der Waals surface area (Å²) in [4.78, 5) is 39.4. The summed E-state index contributed by atoms with van der Waals surface area (Å²) in [6.07, 6.45) is 1.19. The molecule has 1 saturated carbocycles.